The van der Waals surface area contributed by atoms with Gasteiger partial charge >= 0.3 is 0 Å². The molecule has 1 saturated heterocycles. The minimum atomic E-state index is -0.892. The molecule has 3 aromatic rings. The molecule has 0 radical (unpaired) electrons. The highest BCUT2D eigenvalue weighted by atomic mass is 35.5. The number of halogens is 1. The summed E-state index contributed by atoms with van der Waals surface area (Å²) in [5.41, 5.74) is 1.22. The van der Waals surface area contributed by atoms with Gasteiger partial charge in [0.15, 0.2) is 0 Å². The topological polar surface area (TPSA) is 89.0 Å². The summed E-state index contributed by atoms with van der Waals surface area (Å²) in [6.07, 6.45) is 3.14. The highest BCUT2D eigenvalue weighted by Gasteiger charge is 2.47. The fourth-order valence-corrected chi connectivity index (χ4v) is 3.82. The van der Waals surface area contributed by atoms with E-state index in [0.29, 0.717) is 27.8 Å². The molecular formula is C24H19ClN2O5. The number of ether oxygens (including phenoxy) is 2. The average Bonchev–Trinajstić information content (AvgIpc) is 3.09. The highest BCUT2D eigenvalue weighted by molar-refractivity contribution is 6.51. The second-order valence-corrected chi connectivity index (χ2v) is 7.43. The van der Waals surface area contributed by atoms with E-state index in [4.69, 9.17) is 21.1 Å². The number of aliphatic hydroxyl groups is 1. The summed E-state index contributed by atoms with van der Waals surface area (Å²) in [4.78, 5) is 31.7. The van der Waals surface area contributed by atoms with Crippen LogP contribution in [0.25, 0.3) is 5.76 Å². The maximum absolute atomic E-state index is 13.2. The molecule has 1 fully saturated rings. The molecule has 8 heteroatoms. The Labute approximate surface area is 189 Å². The number of carbonyl (C=O) groups excluding carboxylic acids is 2. The minimum Gasteiger partial charge on any atom is -0.507 e. The van der Waals surface area contributed by atoms with E-state index in [1.165, 1.54) is 19.1 Å². The number of carbonyl (C=O) groups is 2. The van der Waals surface area contributed by atoms with Crippen LogP contribution in [0, 0.1) is 0 Å². The number of Topliss-reactive ketones (excluding diaryl/α,β-unsaturated/α-hetero) is 1. The lowest BCUT2D eigenvalue weighted by atomic mass is 9.95. The summed E-state index contributed by atoms with van der Waals surface area (Å²) in [5, 5.41) is 11.7. The largest absolute Gasteiger partial charge is 0.507 e. The third kappa shape index (κ3) is 3.67. The van der Waals surface area contributed by atoms with Gasteiger partial charge in [0.25, 0.3) is 11.7 Å². The Balaban J connectivity index is 1.95. The lowest BCUT2D eigenvalue weighted by Crippen LogP contribution is -2.29. The number of anilines is 1. The Bertz CT molecular complexity index is 1210. The summed E-state index contributed by atoms with van der Waals surface area (Å²) >= 11 is 6.00. The predicted molar refractivity (Wildman–Crippen MR) is 120 cm³/mol. The molecule has 1 aliphatic rings. The van der Waals surface area contributed by atoms with Gasteiger partial charge in [-0.1, -0.05) is 17.7 Å². The van der Waals surface area contributed by atoms with Crippen molar-refractivity contribution in [2.45, 2.75) is 6.04 Å². The van der Waals surface area contributed by atoms with Gasteiger partial charge in [-0.05, 0) is 48.0 Å². The molecule has 2 heterocycles. The van der Waals surface area contributed by atoms with Crippen LogP contribution in [0.3, 0.4) is 0 Å². The normalized spacial score (nSPS) is 17.5. The number of aliphatic hydroxyl groups excluding tert-OH is 1. The average molecular weight is 451 g/mol. The molecule has 1 amide bonds. The first-order chi connectivity index (χ1) is 15.5. The zero-order valence-electron chi connectivity index (χ0n) is 17.3. The molecule has 1 N–H and O–H groups in total. The monoisotopic (exact) mass is 450 g/mol. The third-order valence-corrected chi connectivity index (χ3v) is 5.47. The molecule has 0 spiro atoms. The van der Waals surface area contributed by atoms with E-state index >= 15 is 0 Å². The van der Waals surface area contributed by atoms with Crippen LogP contribution in [0.4, 0.5) is 5.69 Å². The van der Waals surface area contributed by atoms with E-state index < -0.39 is 17.7 Å². The van der Waals surface area contributed by atoms with E-state index in [-0.39, 0.29) is 16.9 Å². The number of nitrogens with zero attached hydrogens (tertiary/aromatic N) is 2. The SMILES string of the molecule is COc1ccc(/C(O)=C2/C(=O)C(=O)N(c3ccc(Cl)cc3)C2c2cccnc2)c(OC)c1. The van der Waals surface area contributed by atoms with Gasteiger partial charge in [-0.15, -0.1) is 0 Å². The van der Waals surface area contributed by atoms with Gasteiger partial charge in [-0.3, -0.25) is 19.5 Å². The lowest BCUT2D eigenvalue weighted by molar-refractivity contribution is -0.132. The van der Waals surface area contributed by atoms with E-state index in [9.17, 15) is 14.7 Å². The highest BCUT2D eigenvalue weighted by Crippen LogP contribution is 2.43. The van der Waals surface area contributed by atoms with Gasteiger partial charge in [0.2, 0.25) is 0 Å². The van der Waals surface area contributed by atoms with Gasteiger partial charge in [0.1, 0.15) is 17.3 Å². The molecule has 1 aromatic heterocycles. The van der Waals surface area contributed by atoms with Crippen molar-refractivity contribution in [3.05, 3.63) is 88.7 Å². The van der Waals surface area contributed by atoms with E-state index in [0.717, 1.165) is 0 Å². The van der Waals surface area contributed by atoms with Crippen molar-refractivity contribution in [1.82, 2.24) is 4.98 Å². The number of hydrogen-bond acceptors (Lipinski definition) is 6. The third-order valence-electron chi connectivity index (χ3n) is 5.21. The first-order valence-electron chi connectivity index (χ1n) is 9.65. The number of benzene rings is 2. The van der Waals surface area contributed by atoms with Crippen molar-refractivity contribution >= 4 is 34.7 Å². The Morgan fingerprint density at radius 3 is 2.44 bits per heavy atom. The zero-order chi connectivity index (χ0) is 22.8. The molecule has 1 aliphatic heterocycles. The van der Waals surface area contributed by atoms with Crippen LogP contribution in [-0.4, -0.2) is 36.0 Å². The molecule has 0 aliphatic carbocycles. The van der Waals surface area contributed by atoms with Crippen molar-refractivity contribution < 1.29 is 24.2 Å². The number of rotatable bonds is 5. The molecule has 162 valence electrons. The van der Waals surface area contributed by atoms with Crippen LogP contribution in [0.1, 0.15) is 17.2 Å². The van der Waals surface area contributed by atoms with Crippen LogP contribution in [0.15, 0.2) is 72.6 Å². The summed E-state index contributed by atoms with van der Waals surface area (Å²) in [7, 11) is 2.95. The van der Waals surface area contributed by atoms with Gasteiger partial charge in [0.05, 0.1) is 31.4 Å². The van der Waals surface area contributed by atoms with Crippen molar-refractivity contribution in [2.75, 3.05) is 19.1 Å². The summed E-state index contributed by atoms with van der Waals surface area (Å²) in [5.74, 6) is -1.12. The van der Waals surface area contributed by atoms with Crippen LogP contribution < -0.4 is 14.4 Å². The Hall–Kier alpha value is -3.84. The molecule has 0 saturated carbocycles. The maximum atomic E-state index is 13.2. The Morgan fingerprint density at radius 2 is 1.81 bits per heavy atom. The second-order valence-electron chi connectivity index (χ2n) is 7.00. The van der Waals surface area contributed by atoms with Gasteiger partial charge in [0, 0.05) is 29.2 Å². The quantitative estimate of drug-likeness (QED) is 0.352. The minimum absolute atomic E-state index is 0.0681. The van der Waals surface area contributed by atoms with Crippen molar-refractivity contribution in [3.63, 3.8) is 0 Å². The Kier molecular flexibility index (Phi) is 5.83. The molecule has 1 unspecified atom stereocenters. The Morgan fingerprint density at radius 1 is 1.06 bits per heavy atom. The number of methoxy groups -OCH3 is 2. The summed E-state index contributed by atoms with van der Waals surface area (Å²) in [6.45, 7) is 0. The standard InChI is InChI=1S/C24H19ClN2O5/c1-31-17-9-10-18(19(12-17)32-2)22(28)20-21(14-4-3-11-26-13-14)27(24(30)23(20)29)16-7-5-15(25)6-8-16/h3-13,21,28H,1-2H3/b22-20-. The van der Waals surface area contributed by atoms with Crippen molar-refractivity contribution in [1.29, 1.82) is 0 Å². The first kappa shape index (κ1) is 21.4. The lowest BCUT2D eigenvalue weighted by Gasteiger charge is -2.25. The van der Waals surface area contributed by atoms with E-state index in [1.807, 2.05) is 0 Å². The molecule has 4 rings (SSSR count). The van der Waals surface area contributed by atoms with Crippen LogP contribution >= 0.6 is 11.6 Å². The molecule has 7 nitrogen and oxygen atoms in total. The molecular weight excluding hydrogens is 432 g/mol. The zero-order valence-corrected chi connectivity index (χ0v) is 18.0. The molecule has 1 atom stereocenters. The van der Waals surface area contributed by atoms with Gasteiger partial charge < -0.3 is 14.6 Å². The van der Waals surface area contributed by atoms with Gasteiger partial charge in [-0.25, -0.2) is 0 Å². The predicted octanol–water partition coefficient (Wildman–Crippen LogP) is 4.38. The number of aromatic nitrogens is 1. The summed E-state index contributed by atoms with van der Waals surface area (Å²) in [6, 6.07) is 13.9. The van der Waals surface area contributed by atoms with Crippen molar-refractivity contribution in [2.24, 2.45) is 0 Å². The number of ketones is 1. The molecule has 0 bridgehead atoms. The van der Waals surface area contributed by atoms with Crippen molar-refractivity contribution in [3.8, 4) is 11.5 Å². The summed E-state index contributed by atoms with van der Waals surface area (Å²) < 4.78 is 10.6. The maximum Gasteiger partial charge on any atom is 0.300 e. The van der Waals surface area contributed by atoms with E-state index in [2.05, 4.69) is 4.98 Å². The number of hydrogen-bond donors (Lipinski definition) is 1. The fourth-order valence-electron chi connectivity index (χ4n) is 3.69. The molecule has 32 heavy (non-hydrogen) atoms. The van der Waals surface area contributed by atoms with Gasteiger partial charge in [-0.2, -0.15) is 0 Å². The smallest absolute Gasteiger partial charge is 0.300 e. The molecule has 2 aromatic carbocycles. The van der Waals surface area contributed by atoms with Crippen LogP contribution in [0.5, 0.6) is 11.5 Å². The fraction of sp³-hybridized carbons (Fsp3) is 0.125. The van der Waals surface area contributed by atoms with E-state index in [1.54, 1.807) is 67.0 Å². The van der Waals surface area contributed by atoms with Crippen LogP contribution in [-0.2, 0) is 9.59 Å². The number of pyridine rings is 1. The van der Waals surface area contributed by atoms with Crippen LogP contribution in [0.2, 0.25) is 5.02 Å². The first-order valence-corrected chi connectivity index (χ1v) is 10.0. The number of amides is 1. The second kappa shape index (κ2) is 8.72.